The maximum Gasteiger partial charge on any atom is 0.328 e. The molecule has 8 N–H and O–H groups in total. The molecule has 31 heavy (non-hydrogen) atoms. The number of rotatable bonds is 12. The molecule has 4 atom stereocenters. The Balaban J connectivity index is 3.00. The molecule has 0 saturated heterocycles. The predicted octanol–water partition coefficient (Wildman–Crippen LogP) is -1.88. The summed E-state index contributed by atoms with van der Waals surface area (Å²) in [7, 11) is 0. The summed E-state index contributed by atoms with van der Waals surface area (Å²) in [5.41, 5.74) is 6.37. The zero-order valence-corrected chi connectivity index (χ0v) is 18.1. The summed E-state index contributed by atoms with van der Waals surface area (Å²) in [6.07, 6.45) is 2.83. The fourth-order valence-electron chi connectivity index (χ4n) is 2.63. The molecule has 4 unspecified atom stereocenters. The van der Waals surface area contributed by atoms with Crippen LogP contribution in [0.25, 0.3) is 0 Å². The maximum atomic E-state index is 12.9. The number of aliphatic hydroxyl groups is 1. The van der Waals surface area contributed by atoms with Gasteiger partial charge in [0.15, 0.2) is 0 Å². The summed E-state index contributed by atoms with van der Waals surface area (Å²) in [6, 6.07) is -4.49. The molecule has 1 aromatic heterocycles. The predicted molar refractivity (Wildman–Crippen MR) is 110 cm³/mol. The van der Waals surface area contributed by atoms with Gasteiger partial charge in [0.25, 0.3) is 0 Å². The Morgan fingerprint density at radius 1 is 1.00 bits per heavy atom. The Kier molecular flexibility index (Phi) is 10.1. The second kappa shape index (κ2) is 12.0. The molecule has 1 aromatic rings. The average Bonchev–Trinajstić information content (AvgIpc) is 3.20. The van der Waals surface area contributed by atoms with E-state index in [1.807, 2.05) is 0 Å². The van der Waals surface area contributed by atoms with E-state index in [-0.39, 0.29) is 18.3 Å². The number of carboxylic acids is 1. The van der Waals surface area contributed by atoms with Gasteiger partial charge in [-0.1, -0.05) is 27.7 Å². The zero-order chi connectivity index (χ0) is 23.7. The number of aromatic amines is 1. The van der Waals surface area contributed by atoms with Crippen molar-refractivity contribution in [2.24, 2.45) is 17.6 Å². The Morgan fingerprint density at radius 2 is 1.61 bits per heavy atom. The van der Waals surface area contributed by atoms with E-state index in [1.54, 1.807) is 27.7 Å². The number of aromatic nitrogens is 2. The van der Waals surface area contributed by atoms with E-state index in [0.717, 1.165) is 0 Å². The number of aliphatic hydroxyl groups excluding tert-OH is 1. The van der Waals surface area contributed by atoms with Crippen molar-refractivity contribution in [3.8, 4) is 0 Å². The van der Waals surface area contributed by atoms with Crippen molar-refractivity contribution in [2.75, 3.05) is 6.61 Å². The van der Waals surface area contributed by atoms with Crippen molar-refractivity contribution >= 4 is 23.7 Å². The number of carbonyl (C=O) groups is 4. The van der Waals surface area contributed by atoms with Gasteiger partial charge in [-0.2, -0.15) is 0 Å². The van der Waals surface area contributed by atoms with Crippen LogP contribution in [0, 0.1) is 11.8 Å². The highest BCUT2D eigenvalue weighted by Gasteiger charge is 2.32. The molecule has 3 amide bonds. The summed E-state index contributed by atoms with van der Waals surface area (Å²) >= 11 is 0. The van der Waals surface area contributed by atoms with E-state index >= 15 is 0 Å². The Morgan fingerprint density at radius 3 is 2.06 bits per heavy atom. The quantitative estimate of drug-likeness (QED) is 0.196. The minimum absolute atomic E-state index is 0.0143. The van der Waals surface area contributed by atoms with Gasteiger partial charge in [-0.3, -0.25) is 14.4 Å². The highest BCUT2D eigenvalue weighted by Crippen LogP contribution is 2.07. The number of nitrogens with one attached hydrogen (secondary N) is 4. The number of aliphatic carboxylic acids is 1. The number of imidazole rings is 1. The number of nitrogens with two attached hydrogens (primary N) is 1. The van der Waals surface area contributed by atoms with E-state index < -0.39 is 54.5 Å². The molecule has 0 aliphatic heterocycles. The minimum Gasteiger partial charge on any atom is -0.480 e. The first kappa shape index (κ1) is 26.0. The Hall–Kier alpha value is -2.99. The SMILES string of the molecule is CC(C)C(N)C(=O)NC(C(=O)NC(Cc1cnc[nH]1)C(=O)NC(CO)C(=O)O)C(C)C. The molecule has 0 aromatic carbocycles. The summed E-state index contributed by atoms with van der Waals surface area (Å²) in [5.74, 6) is -3.81. The van der Waals surface area contributed by atoms with Gasteiger partial charge in [-0.25, -0.2) is 9.78 Å². The lowest BCUT2D eigenvalue weighted by Gasteiger charge is -2.27. The lowest BCUT2D eigenvalue weighted by atomic mass is 9.99. The van der Waals surface area contributed by atoms with Gasteiger partial charge < -0.3 is 36.9 Å². The van der Waals surface area contributed by atoms with Crippen LogP contribution in [0.3, 0.4) is 0 Å². The lowest BCUT2D eigenvalue weighted by molar-refractivity contribution is -0.143. The molecule has 0 spiro atoms. The fourth-order valence-corrected chi connectivity index (χ4v) is 2.63. The van der Waals surface area contributed by atoms with Crippen molar-refractivity contribution in [1.29, 1.82) is 0 Å². The number of carboxylic acid groups (broad SMARTS) is 1. The van der Waals surface area contributed by atoms with Crippen molar-refractivity contribution < 1.29 is 29.4 Å². The average molecular weight is 441 g/mol. The molecule has 0 radical (unpaired) electrons. The van der Waals surface area contributed by atoms with Crippen molar-refractivity contribution in [2.45, 2.75) is 58.3 Å². The molecular weight excluding hydrogens is 408 g/mol. The third kappa shape index (κ3) is 7.98. The van der Waals surface area contributed by atoms with E-state index in [9.17, 15) is 19.2 Å². The highest BCUT2D eigenvalue weighted by atomic mass is 16.4. The van der Waals surface area contributed by atoms with E-state index in [1.165, 1.54) is 12.5 Å². The minimum atomic E-state index is -1.53. The van der Waals surface area contributed by atoms with E-state index in [4.69, 9.17) is 15.9 Å². The third-order valence-electron chi connectivity index (χ3n) is 4.68. The van der Waals surface area contributed by atoms with Crippen LogP contribution < -0.4 is 21.7 Å². The first-order valence-electron chi connectivity index (χ1n) is 9.95. The van der Waals surface area contributed by atoms with Crippen molar-refractivity contribution in [3.05, 3.63) is 18.2 Å². The van der Waals surface area contributed by atoms with E-state index in [0.29, 0.717) is 5.69 Å². The van der Waals surface area contributed by atoms with Gasteiger partial charge >= 0.3 is 5.97 Å². The van der Waals surface area contributed by atoms with Gasteiger partial charge in [0.2, 0.25) is 17.7 Å². The third-order valence-corrected chi connectivity index (χ3v) is 4.68. The maximum absolute atomic E-state index is 12.9. The first-order valence-corrected chi connectivity index (χ1v) is 9.95. The molecule has 12 nitrogen and oxygen atoms in total. The lowest BCUT2D eigenvalue weighted by Crippen LogP contribution is -2.59. The molecule has 0 aliphatic carbocycles. The molecule has 0 saturated carbocycles. The molecule has 174 valence electrons. The second-order valence-corrected chi connectivity index (χ2v) is 7.92. The van der Waals surface area contributed by atoms with Gasteiger partial charge in [-0.15, -0.1) is 0 Å². The number of amides is 3. The van der Waals surface area contributed by atoms with Crippen LogP contribution in [0.4, 0.5) is 0 Å². The smallest absolute Gasteiger partial charge is 0.328 e. The molecule has 0 aliphatic rings. The molecule has 1 rings (SSSR count). The van der Waals surface area contributed by atoms with Crippen LogP contribution in [-0.4, -0.2) is 74.6 Å². The van der Waals surface area contributed by atoms with Gasteiger partial charge in [0.05, 0.1) is 19.0 Å². The standard InChI is InChI=1S/C19H32N6O6/c1-9(2)14(20)17(28)25-15(10(3)4)18(29)23-12(5-11-6-21-8-22-11)16(27)24-13(7-26)19(30)31/h6,8-10,12-15,26H,5,7,20H2,1-4H3,(H,21,22)(H,23,29)(H,24,27)(H,25,28)(H,30,31). The molecule has 0 fully saturated rings. The Labute approximate surface area is 180 Å². The summed E-state index contributed by atoms with van der Waals surface area (Å²) in [6.45, 7) is 6.19. The fraction of sp³-hybridized carbons (Fsp3) is 0.632. The second-order valence-electron chi connectivity index (χ2n) is 7.92. The van der Waals surface area contributed by atoms with Crippen molar-refractivity contribution in [3.63, 3.8) is 0 Å². The Bertz CT molecular complexity index is 751. The van der Waals surface area contributed by atoms with E-state index in [2.05, 4.69) is 25.9 Å². The number of hydrogen-bond donors (Lipinski definition) is 7. The van der Waals surface area contributed by atoms with Gasteiger partial charge in [-0.05, 0) is 11.8 Å². The summed E-state index contributed by atoms with van der Waals surface area (Å²) in [4.78, 5) is 55.7. The highest BCUT2D eigenvalue weighted by molar-refractivity contribution is 5.94. The summed E-state index contributed by atoms with van der Waals surface area (Å²) in [5, 5.41) is 25.6. The number of hydrogen-bond acceptors (Lipinski definition) is 7. The van der Waals surface area contributed by atoms with Crippen LogP contribution in [0.5, 0.6) is 0 Å². The van der Waals surface area contributed by atoms with Crippen LogP contribution in [0.15, 0.2) is 12.5 Å². The van der Waals surface area contributed by atoms with Crippen LogP contribution in [0.1, 0.15) is 33.4 Å². The molecule has 12 heteroatoms. The normalized spacial score (nSPS) is 15.1. The van der Waals surface area contributed by atoms with Gasteiger partial charge in [0, 0.05) is 18.3 Å². The number of nitrogens with zero attached hydrogens (tertiary/aromatic N) is 1. The topological polar surface area (TPSA) is 200 Å². The van der Waals surface area contributed by atoms with Crippen LogP contribution >= 0.6 is 0 Å². The first-order chi connectivity index (χ1) is 14.5. The number of H-pyrrole nitrogens is 1. The zero-order valence-electron chi connectivity index (χ0n) is 18.1. The largest absolute Gasteiger partial charge is 0.480 e. The van der Waals surface area contributed by atoms with Crippen LogP contribution in [-0.2, 0) is 25.6 Å². The van der Waals surface area contributed by atoms with Crippen molar-refractivity contribution in [1.82, 2.24) is 25.9 Å². The van der Waals surface area contributed by atoms with Gasteiger partial charge in [0.1, 0.15) is 18.1 Å². The summed E-state index contributed by atoms with van der Waals surface area (Å²) < 4.78 is 0. The molecule has 1 heterocycles. The monoisotopic (exact) mass is 440 g/mol. The van der Waals surface area contributed by atoms with Crippen LogP contribution in [0.2, 0.25) is 0 Å². The molecular formula is C19H32N6O6. The number of carbonyl (C=O) groups excluding carboxylic acids is 3. The molecule has 0 bridgehead atoms.